The maximum Gasteiger partial charge on any atom is 0.0519 e. The topological polar surface area (TPSA) is 21.3 Å². The first-order valence-corrected chi connectivity index (χ1v) is 5.69. The van der Waals surface area contributed by atoms with Crippen LogP contribution in [0.15, 0.2) is 24.3 Å². The summed E-state index contributed by atoms with van der Waals surface area (Å²) in [6, 6.07) is 8.53. The fourth-order valence-electron chi connectivity index (χ4n) is 1.95. The molecule has 0 saturated carbocycles. The van der Waals surface area contributed by atoms with E-state index in [4.69, 9.17) is 4.74 Å². The monoisotopic (exact) mass is 205 g/mol. The largest absolute Gasteiger partial charge is 0.384 e. The molecular weight excluding hydrogens is 186 g/mol. The molecule has 1 unspecified atom stereocenters. The number of hydrogen-bond donors (Lipinski definition) is 1. The lowest BCUT2D eigenvalue weighted by atomic mass is 9.95. The van der Waals surface area contributed by atoms with E-state index in [9.17, 15) is 0 Å². The van der Waals surface area contributed by atoms with E-state index < -0.39 is 0 Å². The molecule has 0 saturated heterocycles. The first-order valence-electron chi connectivity index (χ1n) is 5.69. The highest BCUT2D eigenvalue weighted by Crippen LogP contribution is 2.24. The highest BCUT2D eigenvalue weighted by atomic mass is 16.5. The first kappa shape index (κ1) is 10.5. The van der Waals surface area contributed by atoms with Gasteiger partial charge in [-0.3, -0.25) is 0 Å². The third-order valence-corrected chi connectivity index (χ3v) is 2.77. The summed E-state index contributed by atoms with van der Waals surface area (Å²) in [5, 5.41) is 3.46. The maximum atomic E-state index is 5.66. The van der Waals surface area contributed by atoms with Crippen LogP contribution in [-0.2, 0) is 11.2 Å². The molecule has 1 N–H and O–H groups in total. The Bertz CT molecular complexity index is 322. The molecule has 2 heteroatoms. The Kier molecular flexibility index (Phi) is 3.27. The highest BCUT2D eigenvalue weighted by molar-refractivity contribution is 5.53. The molecule has 15 heavy (non-hydrogen) atoms. The Labute approximate surface area is 91.6 Å². The second kappa shape index (κ2) is 4.67. The minimum Gasteiger partial charge on any atom is -0.384 e. The number of anilines is 1. The van der Waals surface area contributed by atoms with Crippen LogP contribution in [0.4, 0.5) is 5.69 Å². The minimum atomic E-state index is 0.335. The predicted molar refractivity (Wildman–Crippen MR) is 63.2 cm³/mol. The normalized spacial score (nSPS) is 19.8. The highest BCUT2D eigenvalue weighted by Gasteiger charge is 2.17. The number of hydrogen-bond acceptors (Lipinski definition) is 2. The summed E-state index contributed by atoms with van der Waals surface area (Å²) in [5.41, 5.74) is 2.71. The number of benzene rings is 1. The van der Waals surface area contributed by atoms with Crippen LogP contribution in [0, 0.1) is 5.92 Å². The lowest BCUT2D eigenvalue weighted by molar-refractivity contribution is 0.0534. The third kappa shape index (κ3) is 2.72. The van der Waals surface area contributed by atoms with E-state index in [0.717, 1.165) is 19.6 Å². The van der Waals surface area contributed by atoms with Crippen LogP contribution in [0.25, 0.3) is 0 Å². The number of ether oxygens (including phenoxy) is 1. The third-order valence-electron chi connectivity index (χ3n) is 2.77. The fourth-order valence-corrected chi connectivity index (χ4v) is 1.95. The predicted octanol–water partition coefficient (Wildman–Crippen LogP) is 2.70. The zero-order valence-corrected chi connectivity index (χ0v) is 9.49. The van der Waals surface area contributed by atoms with Gasteiger partial charge in [-0.15, -0.1) is 0 Å². The van der Waals surface area contributed by atoms with Crippen molar-refractivity contribution in [3.63, 3.8) is 0 Å². The van der Waals surface area contributed by atoms with Crippen molar-refractivity contribution in [3.8, 4) is 0 Å². The summed E-state index contributed by atoms with van der Waals surface area (Å²) in [6.07, 6.45) is 1.47. The van der Waals surface area contributed by atoms with Gasteiger partial charge in [0.25, 0.3) is 0 Å². The summed E-state index contributed by atoms with van der Waals surface area (Å²) in [4.78, 5) is 0. The van der Waals surface area contributed by atoms with Gasteiger partial charge in [0.15, 0.2) is 0 Å². The molecular formula is C13H19NO. The van der Waals surface area contributed by atoms with Gasteiger partial charge in [-0.25, -0.2) is 0 Å². The average Bonchev–Trinajstić information content (AvgIpc) is 2.26. The van der Waals surface area contributed by atoms with Crippen molar-refractivity contribution in [2.45, 2.75) is 26.4 Å². The second-order valence-corrected chi connectivity index (χ2v) is 4.49. The lowest BCUT2D eigenvalue weighted by Gasteiger charge is -2.26. The van der Waals surface area contributed by atoms with Gasteiger partial charge in [-0.05, 0) is 31.9 Å². The van der Waals surface area contributed by atoms with Crippen molar-refractivity contribution in [1.29, 1.82) is 0 Å². The first-order chi connectivity index (χ1) is 7.25. The maximum absolute atomic E-state index is 5.66. The van der Waals surface area contributed by atoms with Crippen LogP contribution in [0.3, 0.4) is 0 Å². The Balaban J connectivity index is 1.94. The van der Waals surface area contributed by atoms with Crippen LogP contribution in [-0.4, -0.2) is 19.3 Å². The van der Waals surface area contributed by atoms with Crippen LogP contribution >= 0.6 is 0 Å². The summed E-state index contributed by atoms with van der Waals surface area (Å²) >= 11 is 0. The van der Waals surface area contributed by atoms with Gasteiger partial charge in [0, 0.05) is 18.2 Å². The van der Waals surface area contributed by atoms with Crippen molar-refractivity contribution < 1.29 is 4.74 Å². The van der Waals surface area contributed by atoms with Gasteiger partial charge in [-0.2, -0.15) is 0 Å². The van der Waals surface area contributed by atoms with Gasteiger partial charge in [0.2, 0.25) is 0 Å². The molecule has 1 heterocycles. The molecule has 1 aliphatic rings. The molecule has 0 radical (unpaired) electrons. The SMILES string of the molecule is CC(C)OCC1CNc2ccccc2C1. The standard InChI is InChI=1S/C13H19NO/c1-10(2)15-9-11-7-12-5-3-4-6-13(12)14-8-11/h3-6,10-11,14H,7-9H2,1-2H3. The van der Waals surface area contributed by atoms with Crippen molar-refractivity contribution >= 4 is 5.69 Å². The van der Waals surface area contributed by atoms with Crippen LogP contribution in [0.1, 0.15) is 19.4 Å². The number of fused-ring (bicyclic) bond motifs is 1. The smallest absolute Gasteiger partial charge is 0.0519 e. The number of para-hydroxylation sites is 1. The van der Waals surface area contributed by atoms with Crippen molar-refractivity contribution in [2.24, 2.45) is 5.92 Å². The summed E-state index contributed by atoms with van der Waals surface area (Å²) in [5.74, 6) is 0.613. The molecule has 1 atom stereocenters. The molecule has 0 amide bonds. The van der Waals surface area contributed by atoms with E-state index in [1.165, 1.54) is 11.3 Å². The second-order valence-electron chi connectivity index (χ2n) is 4.49. The number of nitrogens with one attached hydrogen (secondary N) is 1. The lowest BCUT2D eigenvalue weighted by Crippen LogP contribution is -2.27. The van der Waals surface area contributed by atoms with Gasteiger partial charge >= 0.3 is 0 Å². The minimum absolute atomic E-state index is 0.335. The zero-order valence-electron chi connectivity index (χ0n) is 9.49. The van der Waals surface area contributed by atoms with E-state index in [-0.39, 0.29) is 0 Å². The van der Waals surface area contributed by atoms with E-state index in [1.54, 1.807) is 0 Å². The quantitative estimate of drug-likeness (QED) is 0.819. The van der Waals surface area contributed by atoms with Gasteiger partial charge < -0.3 is 10.1 Å². The van der Waals surface area contributed by atoms with Crippen molar-refractivity contribution in [2.75, 3.05) is 18.5 Å². The molecule has 1 aliphatic heterocycles. The van der Waals surface area contributed by atoms with Crippen molar-refractivity contribution in [3.05, 3.63) is 29.8 Å². The molecule has 0 fully saturated rings. The molecule has 0 aliphatic carbocycles. The Morgan fingerprint density at radius 1 is 1.40 bits per heavy atom. The van der Waals surface area contributed by atoms with E-state index in [1.807, 2.05) is 0 Å². The molecule has 82 valence electrons. The Morgan fingerprint density at radius 3 is 3.00 bits per heavy atom. The Morgan fingerprint density at radius 2 is 2.20 bits per heavy atom. The van der Waals surface area contributed by atoms with Gasteiger partial charge in [0.05, 0.1) is 12.7 Å². The molecule has 1 aromatic carbocycles. The van der Waals surface area contributed by atoms with Gasteiger partial charge in [0.1, 0.15) is 0 Å². The molecule has 2 rings (SSSR count). The van der Waals surface area contributed by atoms with E-state index in [0.29, 0.717) is 12.0 Å². The van der Waals surface area contributed by atoms with E-state index in [2.05, 4.69) is 43.4 Å². The molecule has 0 spiro atoms. The fraction of sp³-hybridized carbons (Fsp3) is 0.538. The molecule has 2 nitrogen and oxygen atoms in total. The number of rotatable bonds is 3. The van der Waals surface area contributed by atoms with Crippen LogP contribution < -0.4 is 5.32 Å². The zero-order chi connectivity index (χ0) is 10.7. The summed E-state index contributed by atoms with van der Waals surface area (Å²) in [6.45, 7) is 6.07. The molecule has 0 aromatic heterocycles. The molecule has 1 aromatic rings. The van der Waals surface area contributed by atoms with E-state index >= 15 is 0 Å². The van der Waals surface area contributed by atoms with Gasteiger partial charge in [-0.1, -0.05) is 18.2 Å². The van der Waals surface area contributed by atoms with Crippen LogP contribution in [0.5, 0.6) is 0 Å². The Hall–Kier alpha value is -1.02. The van der Waals surface area contributed by atoms with Crippen molar-refractivity contribution in [1.82, 2.24) is 0 Å². The summed E-state index contributed by atoms with van der Waals surface area (Å²) < 4.78 is 5.66. The summed E-state index contributed by atoms with van der Waals surface area (Å²) in [7, 11) is 0. The van der Waals surface area contributed by atoms with Crippen LogP contribution in [0.2, 0.25) is 0 Å². The average molecular weight is 205 g/mol. The molecule has 0 bridgehead atoms.